The molecule has 0 aliphatic carbocycles. The highest BCUT2D eigenvalue weighted by Gasteiger charge is 2.33. The second-order valence-electron chi connectivity index (χ2n) is 5.71. The molecular formula is C19H21F3N2O3. The molecule has 2 rings (SSSR count). The van der Waals surface area contributed by atoms with Gasteiger partial charge in [-0.1, -0.05) is 18.2 Å². The quantitative estimate of drug-likeness (QED) is 0.686. The smallest absolute Gasteiger partial charge is 0.418 e. The summed E-state index contributed by atoms with van der Waals surface area (Å²) in [6.07, 6.45) is -3.91. The zero-order valence-electron chi connectivity index (χ0n) is 15.0. The number of rotatable bonds is 8. The molecule has 0 saturated heterocycles. The highest BCUT2D eigenvalue weighted by atomic mass is 19.4. The lowest BCUT2D eigenvalue weighted by Crippen LogP contribution is -2.30. The van der Waals surface area contributed by atoms with Gasteiger partial charge in [0.05, 0.1) is 32.0 Å². The van der Waals surface area contributed by atoms with E-state index in [2.05, 4.69) is 10.6 Å². The second kappa shape index (κ2) is 9.27. The summed E-state index contributed by atoms with van der Waals surface area (Å²) in [7, 11) is 3.09. The minimum absolute atomic E-state index is 0.0977. The largest absolute Gasteiger partial charge is 0.493 e. The zero-order valence-corrected chi connectivity index (χ0v) is 15.0. The fourth-order valence-corrected chi connectivity index (χ4v) is 2.50. The van der Waals surface area contributed by atoms with Crippen LogP contribution in [0.3, 0.4) is 0 Å². The number of benzene rings is 2. The zero-order chi connectivity index (χ0) is 19.9. The summed E-state index contributed by atoms with van der Waals surface area (Å²) in [6.45, 7) is 0.378. The number of para-hydroxylation sites is 1. The molecule has 8 heteroatoms. The number of amides is 1. The molecule has 0 aliphatic rings. The van der Waals surface area contributed by atoms with Crippen LogP contribution in [0.15, 0.2) is 42.5 Å². The van der Waals surface area contributed by atoms with Crippen molar-refractivity contribution in [2.24, 2.45) is 0 Å². The molecule has 0 radical (unpaired) electrons. The average molecular weight is 382 g/mol. The lowest BCUT2D eigenvalue weighted by atomic mass is 10.1. The van der Waals surface area contributed by atoms with Crippen molar-refractivity contribution in [3.63, 3.8) is 0 Å². The highest BCUT2D eigenvalue weighted by Crippen LogP contribution is 2.34. The summed E-state index contributed by atoms with van der Waals surface area (Å²) >= 11 is 0. The molecule has 2 aromatic carbocycles. The van der Waals surface area contributed by atoms with Gasteiger partial charge < -0.3 is 20.1 Å². The van der Waals surface area contributed by atoms with Crippen molar-refractivity contribution in [1.82, 2.24) is 5.32 Å². The van der Waals surface area contributed by atoms with Gasteiger partial charge in [-0.15, -0.1) is 0 Å². The standard InChI is InChI=1S/C19H21F3N2O3/c1-26-16-8-7-13(11-17(16)27-2)9-10-23-12-18(25)24-15-6-4-3-5-14(15)19(20,21)22/h3-8,11,23H,9-10,12H2,1-2H3,(H,24,25). The molecule has 0 spiro atoms. The van der Waals surface area contributed by atoms with Gasteiger partial charge in [0.25, 0.3) is 0 Å². The van der Waals surface area contributed by atoms with E-state index in [-0.39, 0.29) is 12.2 Å². The molecule has 0 aliphatic heterocycles. The Bertz CT molecular complexity index is 779. The van der Waals surface area contributed by atoms with Gasteiger partial charge in [0, 0.05) is 0 Å². The molecule has 0 atom stereocenters. The maximum Gasteiger partial charge on any atom is 0.418 e. The van der Waals surface area contributed by atoms with Crippen LogP contribution in [0.1, 0.15) is 11.1 Å². The van der Waals surface area contributed by atoms with Crippen molar-refractivity contribution < 1.29 is 27.4 Å². The second-order valence-corrected chi connectivity index (χ2v) is 5.71. The third-order valence-electron chi connectivity index (χ3n) is 3.83. The number of halogens is 3. The van der Waals surface area contributed by atoms with E-state index in [0.29, 0.717) is 24.5 Å². The minimum Gasteiger partial charge on any atom is -0.493 e. The lowest BCUT2D eigenvalue weighted by Gasteiger charge is -2.14. The number of carbonyl (C=O) groups is 1. The van der Waals surface area contributed by atoms with Crippen molar-refractivity contribution in [3.8, 4) is 11.5 Å². The Morgan fingerprint density at radius 3 is 2.41 bits per heavy atom. The normalized spacial score (nSPS) is 11.1. The summed E-state index contributed by atoms with van der Waals surface area (Å²) < 4.78 is 49.2. The molecule has 27 heavy (non-hydrogen) atoms. The van der Waals surface area contributed by atoms with Crippen LogP contribution in [0.25, 0.3) is 0 Å². The first-order valence-corrected chi connectivity index (χ1v) is 8.23. The predicted molar refractivity (Wildman–Crippen MR) is 96.2 cm³/mol. The van der Waals surface area contributed by atoms with Gasteiger partial charge in [0.1, 0.15) is 0 Å². The molecule has 146 valence electrons. The number of hydrogen-bond donors (Lipinski definition) is 2. The van der Waals surface area contributed by atoms with Crippen LogP contribution in [0.4, 0.5) is 18.9 Å². The van der Waals surface area contributed by atoms with Gasteiger partial charge in [0.2, 0.25) is 5.91 Å². The molecule has 0 bridgehead atoms. The van der Waals surface area contributed by atoms with Crippen LogP contribution in [0, 0.1) is 0 Å². The van der Waals surface area contributed by atoms with Crippen molar-refractivity contribution >= 4 is 11.6 Å². The number of methoxy groups -OCH3 is 2. The average Bonchev–Trinajstić information content (AvgIpc) is 2.64. The van der Waals surface area contributed by atoms with E-state index >= 15 is 0 Å². The summed E-state index contributed by atoms with van der Waals surface area (Å²) in [5.74, 6) is 0.687. The fourth-order valence-electron chi connectivity index (χ4n) is 2.50. The Kier molecular flexibility index (Phi) is 7.06. The Morgan fingerprint density at radius 1 is 1.04 bits per heavy atom. The van der Waals surface area contributed by atoms with Gasteiger partial charge in [-0.25, -0.2) is 0 Å². The monoisotopic (exact) mass is 382 g/mol. The number of hydrogen-bond acceptors (Lipinski definition) is 4. The van der Waals surface area contributed by atoms with Crippen LogP contribution >= 0.6 is 0 Å². The van der Waals surface area contributed by atoms with Gasteiger partial charge in [0.15, 0.2) is 11.5 Å². The van der Waals surface area contributed by atoms with E-state index in [9.17, 15) is 18.0 Å². The molecule has 1 amide bonds. The summed E-state index contributed by atoms with van der Waals surface area (Å²) in [5, 5.41) is 5.20. The third kappa shape index (κ3) is 5.89. The number of nitrogens with one attached hydrogen (secondary N) is 2. The van der Waals surface area contributed by atoms with Crippen LogP contribution < -0.4 is 20.1 Å². The van der Waals surface area contributed by atoms with Crippen LogP contribution in [0.5, 0.6) is 11.5 Å². The van der Waals surface area contributed by atoms with Gasteiger partial charge >= 0.3 is 6.18 Å². The SMILES string of the molecule is COc1ccc(CCNCC(=O)Nc2ccccc2C(F)(F)F)cc1OC. The first kappa shape index (κ1) is 20.6. The predicted octanol–water partition coefficient (Wildman–Crippen LogP) is 3.49. The summed E-state index contributed by atoms with van der Waals surface area (Å²) in [5.41, 5.74) is -0.150. The van der Waals surface area contributed by atoms with E-state index < -0.39 is 17.6 Å². The molecule has 2 aromatic rings. The maximum absolute atomic E-state index is 12.9. The van der Waals surface area contributed by atoms with Crippen LogP contribution in [-0.4, -0.2) is 33.2 Å². The lowest BCUT2D eigenvalue weighted by molar-refractivity contribution is -0.137. The third-order valence-corrected chi connectivity index (χ3v) is 3.83. The van der Waals surface area contributed by atoms with E-state index in [1.54, 1.807) is 20.3 Å². The Balaban J connectivity index is 1.84. The van der Waals surface area contributed by atoms with Crippen molar-refractivity contribution in [2.45, 2.75) is 12.6 Å². The first-order chi connectivity index (χ1) is 12.8. The van der Waals surface area contributed by atoms with Gasteiger partial charge in [-0.3, -0.25) is 4.79 Å². The van der Waals surface area contributed by atoms with Gasteiger partial charge in [-0.2, -0.15) is 13.2 Å². The fraction of sp³-hybridized carbons (Fsp3) is 0.316. The molecule has 0 saturated carbocycles. The van der Waals surface area contributed by atoms with Crippen LogP contribution in [-0.2, 0) is 17.4 Å². The van der Waals surface area contributed by atoms with Crippen molar-refractivity contribution in [3.05, 3.63) is 53.6 Å². The van der Waals surface area contributed by atoms with Crippen LogP contribution in [0.2, 0.25) is 0 Å². The highest BCUT2D eigenvalue weighted by molar-refractivity contribution is 5.93. The van der Waals surface area contributed by atoms with Crippen molar-refractivity contribution in [1.29, 1.82) is 0 Å². The Morgan fingerprint density at radius 2 is 1.74 bits per heavy atom. The van der Waals surface area contributed by atoms with E-state index in [0.717, 1.165) is 11.6 Å². The molecule has 2 N–H and O–H groups in total. The minimum atomic E-state index is -4.52. The maximum atomic E-state index is 12.9. The number of carbonyl (C=O) groups excluding carboxylic acids is 1. The molecule has 0 heterocycles. The number of anilines is 1. The van der Waals surface area contributed by atoms with Gasteiger partial charge in [-0.05, 0) is 42.8 Å². The summed E-state index contributed by atoms with van der Waals surface area (Å²) in [6, 6.07) is 10.4. The van der Waals surface area contributed by atoms with E-state index in [4.69, 9.17) is 9.47 Å². The molecule has 0 fully saturated rings. The molecule has 0 aromatic heterocycles. The summed E-state index contributed by atoms with van der Waals surface area (Å²) in [4.78, 5) is 11.9. The first-order valence-electron chi connectivity index (χ1n) is 8.23. The van der Waals surface area contributed by atoms with Crippen molar-refractivity contribution in [2.75, 3.05) is 32.6 Å². The number of ether oxygens (including phenoxy) is 2. The molecule has 0 unspecified atom stereocenters. The molecule has 5 nitrogen and oxygen atoms in total. The Hall–Kier alpha value is -2.74. The number of alkyl halides is 3. The van der Waals surface area contributed by atoms with E-state index in [1.807, 2.05) is 12.1 Å². The van der Waals surface area contributed by atoms with E-state index in [1.165, 1.54) is 18.2 Å². The molecular weight excluding hydrogens is 361 g/mol. The topological polar surface area (TPSA) is 59.6 Å². The Labute approximate surface area is 155 Å².